The van der Waals surface area contributed by atoms with E-state index in [2.05, 4.69) is 5.32 Å². The molecule has 0 aromatic heterocycles. The molecule has 1 saturated heterocycles. The molecule has 23 heavy (non-hydrogen) atoms. The summed E-state index contributed by atoms with van der Waals surface area (Å²) in [6.45, 7) is 6.31. The molecule has 5 nitrogen and oxygen atoms in total. The monoisotopic (exact) mass is 321 g/mol. The quantitative estimate of drug-likeness (QED) is 0.927. The molecule has 0 bridgehead atoms. The molecular weight excluding hydrogens is 297 g/mol. The van der Waals surface area contributed by atoms with E-state index in [0.29, 0.717) is 31.9 Å². The number of carbonyl (C=O) groups excluding carboxylic acids is 2. The van der Waals surface area contributed by atoms with Crippen LogP contribution in [0.4, 0.5) is 14.9 Å². The van der Waals surface area contributed by atoms with E-state index < -0.39 is 5.82 Å². The van der Waals surface area contributed by atoms with Gasteiger partial charge in [-0.1, -0.05) is 6.07 Å². The number of rotatable bonds is 4. The maximum absolute atomic E-state index is 13.2. The van der Waals surface area contributed by atoms with Crippen molar-refractivity contribution in [1.29, 1.82) is 0 Å². The Bertz CT molecular complexity index is 561. The van der Waals surface area contributed by atoms with Gasteiger partial charge in [0.15, 0.2) is 0 Å². The Balaban J connectivity index is 1.97. The zero-order valence-electron chi connectivity index (χ0n) is 13.7. The van der Waals surface area contributed by atoms with Crippen LogP contribution in [0.3, 0.4) is 0 Å². The highest BCUT2D eigenvalue weighted by Crippen LogP contribution is 2.20. The van der Waals surface area contributed by atoms with Crippen molar-refractivity contribution in [3.63, 3.8) is 0 Å². The van der Waals surface area contributed by atoms with Crippen molar-refractivity contribution in [2.75, 3.05) is 31.5 Å². The Kier molecular flexibility index (Phi) is 5.96. The number of likely N-dealkylation sites (tertiary alicyclic amines) is 1. The summed E-state index contributed by atoms with van der Waals surface area (Å²) >= 11 is 0. The lowest BCUT2D eigenvalue weighted by Crippen LogP contribution is -2.47. The molecular formula is C17H24FN3O2. The average Bonchev–Trinajstić information content (AvgIpc) is 2.56. The van der Waals surface area contributed by atoms with Crippen LogP contribution in [-0.4, -0.2) is 47.9 Å². The van der Waals surface area contributed by atoms with E-state index in [1.165, 1.54) is 12.1 Å². The maximum atomic E-state index is 13.2. The summed E-state index contributed by atoms with van der Waals surface area (Å²) in [5.41, 5.74) is 0.423. The molecule has 126 valence electrons. The molecule has 2 rings (SSSR count). The lowest BCUT2D eigenvalue weighted by atomic mass is 9.96. The molecule has 1 heterocycles. The summed E-state index contributed by atoms with van der Waals surface area (Å²) in [6.07, 6.45) is 1.60. The molecule has 1 fully saturated rings. The van der Waals surface area contributed by atoms with Gasteiger partial charge in [-0.25, -0.2) is 9.18 Å². The minimum absolute atomic E-state index is 0.109. The summed E-state index contributed by atoms with van der Waals surface area (Å²) < 4.78 is 13.2. The summed E-state index contributed by atoms with van der Waals surface area (Å²) in [5.74, 6) is -0.434. The third kappa shape index (κ3) is 4.43. The fourth-order valence-corrected chi connectivity index (χ4v) is 2.93. The lowest BCUT2D eigenvalue weighted by Gasteiger charge is -2.34. The van der Waals surface area contributed by atoms with Crippen molar-refractivity contribution >= 4 is 17.6 Å². The molecule has 1 N–H and O–H groups in total. The number of carbonyl (C=O) groups is 2. The lowest BCUT2D eigenvalue weighted by molar-refractivity contribution is -0.136. The Hall–Kier alpha value is -2.11. The predicted octanol–water partition coefficient (Wildman–Crippen LogP) is 2.94. The first kappa shape index (κ1) is 17.2. The number of amides is 3. The molecule has 1 atom stereocenters. The van der Waals surface area contributed by atoms with Crippen LogP contribution in [0.2, 0.25) is 0 Å². The molecule has 1 aromatic carbocycles. The van der Waals surface area contributed by atoms with Gasteiger partial charge in [0.2, 0.25) is 5.91 Å². The molecule has 1 unspecified atom stereocenters. The second kappa shape index (κ2) is 7.94. The summed E-state index contributed by atoms with van der Waals surface area (Å²) in [5, 5.41) is 2.69. The zero-order valence-corrected chi connectivity index (χ0v) is 13.7. The van der Waals surface area contributed by atoms with Gasteiger partial charge in [-0.15, -0.1) is 0 Å². The van der Waals surface area contributed by atoms with E-state index in [1.54, 1.807) is 21.9 Å². The number of nitrogens with zero attached hydrogens (tertiary/aromatic N) is 2. The SMILES string of the molecule is CCN(CC)C(=O)C1CCCN(C(=O)Nc2cccc(F)c2)C1. The summed E-state index contributed by atoms with van der Waals surface area (Å²) in [7, 11) is 0. The van der Waals surface area contributed by atoms with Gasteiger partial charge in [-0.05, 0) is 44.9 Å². The number of anilines is 1. The van der Waals surface area contributed by atoms with Crippen molar-refractivity contribution in [2.45, 2.75) is 26.7 Å². The first-order chi connectivity index (χ1) is 11.0. The van der Waals surface area contributed by atoms with Gasteiger partial charge in [0, 0.05) is 31.9 Å². The standard InChI is InChI=1S/C17H24FN3O2/c1-3-20(4-2)16(22)13-7-6-10-21(12-13)17(23)19-15-9-5-8-14(18)11-15/h5,8-9,11,13H,3-4,6-7,10,12H2,1-2H3,(H,19,23). The number of halogens is 1. The van der Waals surface area contributed by atoms with Gasteiger partial charge in [0.1, 0.15) is 5.82 Å². The number of benzene rings is 1. The summed E-state index contributed by atoms with van der Waals surface area (Å²) in [6, 6.07) is 5.51. The highest BCUT2D eigenvalue weighted by atomic mass is 19.1. The molecule has 0 aliphatic carbocycles. The smallest absolute Gasteiger partial charge is 0.321 e. The molecule has 6 heteroatoms. The second-order valence-electron chi connectivity index (χ2n) is 5.74. The van der Waals surface area contributed by atoms with E-state index in [-0.39, 0.29) is 17.9 Å². The van der Waals surface area contributed by atoms with Crippen LogP contribution >= 0.6 is 0 Å². The highest BCUT2D eigenvalue weighted by molar-refractivity contribution is 5.90. The van der Waals surface area contributed by atoms with E-state index in [9.17, 15) is 14.0 Å². The van der Waals surface area contributed by atoms with Crippen molar-refractivity contribution in [3.05, 3.63) is 30.1 Å². The van der Waals surface area contributed by atoms with Crippen molar-refractivity contribution in [2.24, 2.45) is 5.92 Å². The number of piperidine rings is 1. The van der Waals surface area contributed by atoms with Crippen LogP contribution in [0.15, 0.2) is 24.3 Å². The Labute approximate surface area is 136 Å². The van der Waals surface area contributed by atoms with Gasteiger partial charge in [-0.3, -0.25) is 4.79 Å². The van der Waals surface area contributed by atoms with E-state index in [0.717, 1.165) is 12.8 Å². The van der Waals surface area contributed by atoms with Crippen molar-refractivity contribution in [3.8, 4) is 0 Å². The Morgan fingerprint density at radius 2 is 2.09 bits per heavy atom. The predicted molar refractivity (Wildman–Crippen MR) is 87.6 cm³/mol. The van der Waals surface area contributed by atoms with Gasteiger partial charge < -0.3 is 15.1 Å². The number of hydrogen-bond donors (Lipinski definition) is 1. The second-order valence-corrected chi connectivity index (χ2v) is 5.74. The molecule has 1 aromatic rings. The van der Waals surface area contributed by atoms with Gasteiger partial charge >= 0.3 is 6.03 Å². The number of urea groups is 1. The van der Waals surface area contributed by atoms with E-state index >= 15 is 0 Å². The molecule has 3 amide bonds. The Morgan fingerprint density at radius 3 is 2.74 bits per heavy atom. The number of nitrogens with one attached hydrogen (secondary N) is 1. The van der Waals surface area contributed by atoms with Crippen LogP contribution < -0.4 is 5.32 Å². The highest BCUT2D eigenvalue weighted by Gasteiger charge is 2.30. The molecule has 0 spiro atoms. The van der Waals surface area contributed by atoms with Crippen LogP contribution in [0, 0.1) is 11.7 Å². The van der Waals surface area contributed by atoms with Crippen LogP contribution in [0.5, 0.6) is 0 Å². The minimum Gasteiger partial charge on any atom is -0.343 e. The Morgan fingerprint density at radius 1 is 1.35 bits per heavy atom. The van der Waals surface area contributed by atoms with Gasteiger partial charge in [-0.2, -0.15) is 0 Å². The van der Waals surface area contributed by atoms with E-state index in [4.69, 9.17) is 0 Å². The third-order valence-electron chi connectivity index (χ3n) is 4.21. The fraction of sp³-hybridized carbons (Fsp3) is 0.529. The van der Waals surface area contributed by atoms with Crippen LogP contribution in [0.25, 0.3) is 0 Å². The normalized spacial score (nSPS) is 17.7. The topological polar surface area (TPSA) is 52.7 Å². The largest absolute Gasteiger partial charge is 0.343 e. The molecule has 1 aliphatic heterocycles. The maximum Gasteiger partial charge on any atom is 0.321 e. The third-order valence-corrected chi connectivity index (χ3v) is 4.21. The minimum atomic E-state index is -0.393. The average molecular weight is 321 g/mol. The zero-order chi connectivity index (χ0) is 16.8. The van der Waals surface area contributed by atoms with E-state index in [1.807, 2.05) is 13.8 Å². The molecule has 0 radical (unpaired) electrons. The molecule has 1 aliphatic rings. The van der Waals surface area contributed by atoms with Gasteiger partial charge in [0.05, 0.1) is 5.92 Å². The molecule has 0 saturated carbocycles. The number of hydrogen-bond acceptors (Lipinski definition) is 2. The fourth-order valence-electron chi connectivity index (χ4n) is 2.93. The van der Waals surface area contributed by atoms with Crippen molar-refractivity contribution in [1.82, 2.24) is 9.80 Å². The van der Waals surface area contributed by atoms with Crippen molar-refractivity contribution < 1.29 is 14.0 Å². The van der Waals surface area contributed by atoms with Crippen LogP contribution in [-0.2, 0) is 4.79 Å². The first-order valence-electron chi connectivity index (χ1n) is 8.15. The van der Waals surface area contributed by atoms with Gasteiger partial charge in [0.25, 0.3) is 0 Å². The summed E-state index contributed by atoms with van der Waals surface area (Å²) in [4.78, 5) is 28.2. The van der Waals surface area contributed by atoms with Crippen LogP contribution in [0.1, 0.15) is 26.7 Å². The first-order valence-corrected chi connectivity index (χ1v) is 8.15.